The van der Waals surface area contributed by atoms with Crippen molar-refractivity contribution in [1.82, 2.24) is 9.21 Å². The van der Waals surface area contributed by atoms with Crippen molar-refractivity contribution in [3.05, 3.63) is 0 Å². The van der Waals surface area contributed by atoms with E-state index in [-0.39, 0.29) is 24.1 Å². The number of piperidine rings is 1. The molecule has 0 aromatic heterocycles. The van der Waals surface area contributed by atoms with Crippen LogP contribution < -0.4 is 0 Å². The van der Waals surface area contributed by atoms with Crippen molar-refractivity contribution in [2.45, 2.75) is 59.0 Å². The summed E-state index contributed by atoms with van der Waals surface area (Å²) in [6.45, 7) is 7.93. The molecular weight excluding hydrogens is 344 g/mol. The SMILES string of the molecule is CCCCS(=O)(=O)N1CCC(C(=O)N(C)CC(=O)OC(C)(C)C)CC1. The molecule has 1 aliphatic heterocycles. The molecule has 8 heteroatoms. The largest absolute Gasteiger partial charge is 0.459 e. The van der Waals surface area contributed by atoms with E-state index in [1.807, 2.05) is 6.92 Å². The van der Waals surface area contributed by atoms with Crippen molar-refractivity contribution in [1.29, 1.82) is 0 Å². The Morgan fingerprint density at radius 1 is 1.20 bits per heavy atom. The minimum atomic E-state index is -3.22. The van der Waals surface area contributed by atoms with E-state index in [0.717, 1.165) is 6.42 Å². The maximum absolute atomic E-state index is 12.5. The molecule has 1 fully saturated rings. The highest BCUT2D eigenvalue weighted by molar-refractivity contribution is 7.89. The Morgan fingerprint density at radius 2 is 1.76 bits per heavy atom. The minimum Gasteiger partial charge on any atom is -0.459 e. The molecule has 0 aromatic carbocycles. The minimum absolute atomic E-state index is 0.0921. The van der Waals surface area contributed by atoms with E-state index in [1.54, 1.807) is 27.8 Å². The zero-order chi connectivity index (χ0) is 19.3. The number of hydrogen-bond acceptors (Lipinski definition) is 5. The fourth-order valence-corrected chi connectivity index (χ4v) is 4.47. The van der Waals surface area contributed by atoms with Gasteiger partial charge in [-0.25, -0.2) is 12.7 Å². The Kier molecular flexibility index (Phi) is 7.87. The number of rotatable bonds is 7. The number of unbranched alkanes of at least 4 members (excludes halogenated alkanes) is 1. The fourth-order valence-electron chi connectivity index (χ4n) is 2.79. The van der Waals surface area contributed by atoms with Crippen molar-refractivity contribution in [2.24, 2.45) is 5.92 Å². The van der Waals surface area contributed by atoms with Gasteiger partial charge in [0.25, 0.3) is 0 Å². The first-order valence-corrected chi connectivity index (χ1v) is 10.5. The lowest BCUT2D eigenvalue weighted by atomic mass is 9.97. The van der Waals surface area contributed by atoms with Crippen LogP contribution in [0.15, 0.2) is 0 Å². The molecule has 0 radical (unpaired) electrons. The lowest BCUT2D eigenvalue weighted by Crippen LogP contribution is -2.45. The zero-order valence-corrected chi connectivity index (χ0v) is 16.9. The predicted octanol–water partition coefficient (Wildman–Crippen LogP) is 1.63. The van der Waals surface area contributed by atoms with Crippen LogP contribution in [0.25, 0.3) is 0 Å². The van der Waals surface area contributed by atoms with Crippen LogP contribution in [-0.2, 0) is 24.3 Å². The molecule has 146 valence electrons. The van der Waals surface area contributed by atoms with Crippen LogP contribution >= 0.6 is 0 Å². The number of sulfonamides is 1. The van der Waals surface area contributed by atoms with Crippen molar-refractivity contribution in [3.63, 3.8) is 0 Å². The standard InChI is InChI=1S/C17H32N2O5S/c1-6-7-12-25(22,23)19-10-8-14(9-11-19)16(21)18(5)13-15(20)24-17(2,3)4/h14H,6-13H2,1-5H3. The Labute approximate surface area is 151 Å². The summed E-state index contributed by atoms with van der Waals surface area (Å²) < 4.78 is 31.1. The first kappa shape index (κ1) is 21.9. The highest BCUT2D eigenvalue weighted by Gasteiger charge is 2.32. The maximum Gasteiger partial charge on any atom is 0.326 e. The van der Waals surface area contributed by atoms with E-state index in [2.05, 4.69) is 0 Å². The van der Waals surface area contributed by atoms with Gasteiger partial charge in [-0.3, -0.25) is 9.59 Å². The van der Waals surface area contributed by atoms with Gasteiger partial charge in [0.2, 0.25) is 15.9 Å². The van der Waals surface area contributed by atoms with Crippen molar-refractivity contribution >= 4 is 21.9 Å². The molecule has 25 heavy (non-hydrogen) atoms. The second kappa shape index (κ2) is 8.98. The molecule has 1 saturated heterocycles. The third-order valence-electron chi connectivity index (χ3n) is 4.11. The summed E-state index contributed by atoms with van der Waals surface area (Å²) in [7, 11) is -1.64. The summed E-state index contributed by atoms with van der Waals surface area (Å²) in [4.78, 5) is 25.7. The maximum atomic E-state index is 12.5. The van der Waals surface area contributed by atoms with Crippen LogP contribution in [0.3, 0.4) is 0 Å². The third kappa shape index (κ3) is 7.32. The van der Waals surface area contributed by atoms with Crippen molar-refractivity contribution in [2.75, 3.05) is 32.4 Å². The Balaban J connectivity index is 2.51. The number of hydrogen-bond donors (Lipinski definition) is 0. The van der Waals surface area contributed by atoms with Crippen LogP contribution in [0, 0.1) is 5.92 Å². The summed E-state index contributed by atoms with van der Waals surface area (Å²) in [6.07, 6.45) is 2.47. The molecule has 0 aromatic rings. The number of esters is 1. The fraction of sp³-hybridized carbons (Fsp3) is 0.882. The van der Waals surface area contributed by atoms with Crippen LogP contribution in [0.1, 0.15) is 53.4 Å². The van der Waals surface area contributed by atoms with Gasteiger partial charge in [-0.1, -0.05) is 13.3 Å². The molecule has 0 bridgehead atoms. The quantitative estimate of drug-likeness (QED) is 0.631. The highest BCUT2D eigenvalue weighted by Crippen LogP contribution is 2.22. The Bertz CT molecular complexity index is 560. The van der Waals surface area contributed by atoms with Crippen LogP contribution in [0.5, 0.6) is 0 Å². The van der Waals surface area contributed by atoms with Crippen LogP contribution in [0.2, 0.25) is 0 Å². The monoisotopic (exact) mass is 376 g/mol. The second-order valence-corrected chi connectivity index (χ2v) is 9.71. The number of amides is 1. The molecule has 0 aliphatic carbocycles. The molecule has 0 N–H and O–H groups in total. The molecule has 0 spiro atoms. The van der Waals surface area contributed by atoms with E-state index in [1.165, 1.54) is 9.21 Å². The van der Waals surface area contributed by atoms with Gasteiger partial charge in [0, 0.05) is 26.1 Å². The Hall–Kier alpha value is -1.15. The summed E-state index contributed by atoms with van der Waals surface area (Å²) in [5.41, 5.74) is -0.584. The lowest BCUT2D eigenvalue weighted by Gasteiger charge is -2.32. The molecule has 0 unspecified atom stereocenters. The topological polar surface area (TPSA) is 84.0 Å². The van der Waals surface area contributed by atoms with Gasteiger partial charge in [-0.2, -0.15) is 0 Å². The van der Waals surface area contributed by atoms with Gasteiger partial charge in [-0.15, -0.1) is 0 Å². The first-order chi connectivity index (χ1) is 11.5. The molecule has 1 aliphatic rings. The van der Waals surface area contributed by atoms with Gasteiger partial charge >= 0.3 is 5.97 Å². The van der Waals surface area contributed by atoms with E-state index >= 15 is 0 Å². The summed E-state index contributed by atoms with van der Waals surface area (Å²) >= 11 is 0. The van der Waals surface area contributed by atoms with E-state index in [9.17, 15) is 18.0 Å². The van der Waals surface area contributed by atoms with E-state index in [4.69, 9.17) is 4.74 Å². The Morgan fingerprint density at radius 3 is 2.24 bits per heavy atom. The zero-order valence-electron chi connectivity index (χ0n) is 16.1. The lowest BCUT2D eigenvalue weighted by molar-refractivity contribution is -0.159. The molecule has 1 amide bonds. The second-order valence-electron chi connectivity index (χ2n) is 7.62. The molecule has 1 heterocycles. The summed E-state index contributed by atoms with van der Waals surface area (Å²) in [5.74, 6) is -0.648. The highest BCUT2D eigenvalue weighted by atomic mass is 32.2. The van der Waals surface area contributed by atoms with Gasteiger partial charge in [0.15, 0.2) is 0 Å². The van der Waals surface area contributed by atoms with Gasteiger partial charge in [-0.05, 0) is 40.0 Å². The normalized spacial score (nSPS) is 17.3. The molecular formula is C17H32N2O5S. The summed E-state index contributed by atoms with van der Waals surface area (Å²) in [6, 6.07) is 0. The van der Waals surface area contributed by atoms with E-state index in [0.29, 0.717) is 32.4 Å². The molecule has 0 saturated carbocycles. The molecule has 1 rings (SSSR count). The summed E-state index contributed by atoms with van der Waals surface area (Å²) in [5, 5.41) is 0. The number of carbonyl (C=O) groups is 2. The smallest absolute Gasteiger partial charge is 0.326 e. The van der Waals surface area contributed by atoms with Crippen LogP contribution in [0.4, 0.5) is 0 Å². The van der Waals surface area contributed by atoms with E-state index < -0.39 is 21.6 Å². The number of ether oxygens (including phenoxy) is 1. The van der Waals surface area contributed by atoms with Crippen molar-refractivity contribution < 1.29 is 22.7 Å². The third-order valence-corrected chi connectivity index (χ3v) is 6.07. The van der Waals surface area contributed by atoms with Crippen LogP contribution in [-0.4, -0.2) is 67.5 Å². The van der Waals surface area contributed by atoms with Gasteiger partial charge in [0.05, 0.1) is 5.75 Å². The molecule has 7 nitrogen and oxygen atoms in total. The average Bonchev–Trinajstić information content (AvgIpc) is 2.50. The molecule has 0 atom stereocenters. The van der Waals surface area contributed by atoms with Crippen molar-refractivity contribution in [3.8, 4) is 0 Å². The average molecular weight is 377 g/mol. The number of likely N-dealkylation sites (N-methyl/N-ethyl adjacent to an activating group) is 1. The van der Waals surface area contributed by atoms with Gasteiger partial charge < -0.3 is 9.64 Å². The van der Waals surface area contributed by atoms with Gasteiger partial charge in [0.1, 0.15) is 12.1 Å². The number of nitrogens with zero attached hydrogens (tertiary/aromatic N) is 2. The number of carbonyl (C=O) groups excluding carboxylic acids is 2. The first-order valence-electron chi connectivity index (χ1n) is 8.91. The predicted molar refractivity (Wildman–Crippen MR) is 96.5 cm³/mol.